The minimum atomic E-state index is -0.566. The lowest BCUT2D eigenvalue weighted by Gasteiger charge is -2.41. The van der Waals surface area contributed by atoms with Crippen molar-refractivity contribution in [3.8, 4) is 5.75 Å². The van der Waals surface area contributed by atoms with Gasteiger partial charge in [0.05, 0.1) is 18.9 Å². The maximum Gasteiger partial charge on any atom is 0.137 e. The third-order valence-corrected chi connectivity index (χ3v) is 4.45. The Kier molecular flexibility index (Phi) is 5.59. The molecule has 0 aromatic carbocycles. The first kappa shape index (κ1) is 16.2. The van der Waals surface area contributed by atoms with Crippen molar-refractivity contribution < 1.29 is 9.84 Å². The number of aliphatic hydroxyl groups is 1. The number of likely N-dealkylation sites (tertiary alicyclic amines) is 1. The van der Waals surface area contributed by atoms with E-state index in [9.17, 15) is 5.11 Å². The number of hydrogen-bond acceptors (Lipinski definition) is 4. The summed E-state index contributed by atoms with van der Waals surface area (Å²) in [5, 5.41) is 10.8. The summed E-state index contributed by atoms with van der Waals surface area (Å²) < 4.78 is 5.49. The molecule has 0 radical (unpaired) electrons. The van der Waals surface area contributed by atoms with Crippen LogP contribution in [0.25, 0.3) is 0 Å². The van der Waals surface area contributed by atoms with Gasteiger partial charge in [0.1, 0.15) is 5.75 Å². The van der Waals surface area contributed by atoms with Crippen molar-refractivity contribution in [2.45, 2.75) is 58.1 Å². The Labute approximate surface area is 128 Å². The van der Waals surface area contributed by atoms with Gasteiger partial charge in [-0.1, -0.05) is 12.8 Å². The quantitative estimate of drug-likeness (QED) is 0.905. The number of rotatable bonds is 5. The molecule has 0 bridgehead atoms. The molecule has 2 rings (SSSR count). The molecule has 0 spiro atoms. The third-order valence-electron chi connectivity index (χ3n) is 4.45. The molecule has 1 N–H and O–H groups in total. The zero-order chi connectivity index (χ0) is 15.3. The van der Waals surface area contributed by atoms with Crippen LogP contribution >= 0.6 is 0 Å². The highest BCUT2D eigenvalue weighted by Crippen LogP contribution is 2.33. The van der Waals surface area contributed by atoms with Crippen LogP contribution in [-0.4, -0.2) is 40.2 Å². The van der Waals surface area contributed by atoms with Crippen LogP contribution in [0.5, 0.6) is 5.75 Å². The number of nitrogens with zero attached hydrogens (tertiary/aromatic N) is 2. The molecule has 1 aromatic heterocycles. The average molecular weight is 292 g/mol. The van der Waals surface area contributed by atoms with Crippen LogP contribution in [0.4, 0.5) is 0 Å². The van der Waals surface area contributed by atoms with E-state index in [0.29, 0.717) is 6.61 Å². The van der Waals surface area contributed by atoms with Gasteiger partial charge in [0.2, 0.25) is 0 Å². The summed E-state index contributed by atoms with van der Waals surface area (Å²) in [4.78, 5) is 6.61. The first-order chi connectivity index (χ1) is 10.1. The first-order valence-corrected chi connectivity index (χ1v) is 8.06. The van der Waals surface area contributed by atoms with Gasteiger partial charge in [-0.3, -0.25) is 9.88 Å². The molecule has 1 aromatic rings. The molecule has 2 heterocycles. The van der Waals surface area contributed by atoms with Crippen LogP contribution in [0.2, 0.25) is 0 Å². The van der Waals surface area contributed by atoms with Crippen molar-refractivity contribution in [2.75, 3.05) is 19.7 Å². The second-order valence-electron chi connectivity index (χ2n) is 6.34. The summed E-state index contributed by atoms with van der Waals surface area (Å²) in [7, 11) is 0. The van der Waals surface area contributed by atoms with Gasteiger partial charge in [-0.25, -0.2) is 0 Å². The molecule has 0 aliphatic carbocycles. The van der Waals surface area contributed by atoms with Crippen molar-refractivity contribution in [3.63, 3.8) is 0 Å². The maximum absolute atomic E-state index is 10.8. The smallest absolute Gasteiger partial charge is 0.137 e. The lowest BCUT2D eigenvalue weighted by molar-refractivity contribution is -0.0103. The third kappa shape index (κ3) is 3.95. The fourth-order valence-electron chi connectivity index (χ4n) is 3.06. The number of pyridine rings is 1. The predicted molar refractivity (Wildman–Crippen MR) is 84.5 cm³/mol. The maximum atomic E-state index is 10.8. The Morgan fingerprint density at radius 1 is 1.24 bits per heavy atom. The normalized spacial score (nSPS) is 19.0. The summed E-state index contributed by atoms with van der Waals surface area (Å²) in [5.74, 6) is 0.723. The Morgan fingerprint density at radius 3 is 2.52 bits per heavy atom. The standard InChI is InChI=1S/C17H28N2O2/c1-4-21-15-11-14(12-18-13-15)16(20)17(2,3)19-9-7-5-6-8-10-19/h11-13,16,20H,4-10H2,1-3H3. The second kappa shape index (κ2) is 7.23. The van der Waals surface area contributed by atoms with E-state index in [-0.39, 0.29) is 5.54 Å². The Morgan fingerprint density at radius 2 is 1.90 bits per heavy atom. The van der Waals surface area contributed by atoms with Gasteiger partial charge in [0.25, 0.3) is 0 Å². The van der Waals surface area contributed by atoms with E-state index in [1.54, 1.807) is 12.4 Å². The van der Waals surface area contributed by atoms with Crippen molar-refractivity contribution in [1.29, 1.82) is 0 Å². The first-order valence-electron chi connectivity index (χ1n) is 8.06. The van der Waals surface area contributed by atoms with Gasteiger partial charge >= 0.3 is 0 Å². The Bertz CT molecular complexity index is 440. The number of aliphatic hydroxyl groups excluding tert-OH is 1. The van der Waals surface area contributed by atoms with E-state index >= 15 is 0 Å². The topological polar surface area (TPSA) is 45.6 Å². The van der Waals surface area contributed by atoms with Crippen LogP contribution in [0.3, 0.4) is 0 Å². The van der Waals surface area contributed by atoms with Gasteiger partial charge < -0.3 is 9.84 Å². The van der Waals surface area contributed by atoms with Gasteiger partial charge in [-0.15, -0.1) is 0 Å². The van der Waals surface area contributed by atoms with Crippen LogP contribution in [0.15, 0.2) is 18.5 Å². The number of aromatic nitrogens is 1. The van der Waals surface area contributed by atoms with Crippen molar-refractivity contribution in [2.24, 2.45) is 0 Å². The van der Waals surface area contributed by atoms with E-state index in [1.165, 1.54) is 25.7 Å². The highest BCUT2D eigenvalue weighted by atomic mass is 16.5. The van der Waals surface area contributed by atoms with E-state index in [4.69, 9.17) is 4.74 Å². The zero-order valence-corrected chi connectivity index (χ0v) is 13.5. The monoisotopic (exact) mass is 292 g/mol. The van der Waals surface area contributed by atoms with Crippen LogP contribution in [-0.2, 0) is 0 Å². The van der Waals surface area contributed by atoms with Gasteiger partial charge in [0.15, 0.2) is 0 Å². The summed E-state index contributed by atoms with van der Waals surface area (Å²) in [6.07, 6.45) is 7.89. The Hall–Kier alpha value is -1.13. The average Bonchev–Trinajstić information content (AvgIpc) is 2.76. The minimum Gasteiger partial charge on any atom is -0.492 e. The molecule has 1 aliphatic rings. The van der Waals surface area contributed by atoms with Crippen molar-refractivity contribution in [1.82, 2.24) is 9.88 Å². The lowest BCUT2D eigenvalue weighted by atomic mass is 9.90. The number of ether oxygens (including phenoxy) is 1. The minimum absolute atomic E-state index is 0.295. The second-order valence-corrected chi connectivity index (χ2v) is 6.34. The van der Waals surface area contributed by atoms with Gasteiger partial charge in [-0.2, -0.15) is 0 Å². The fourth-order valence-corrected chi connectivity index (χ4v) is 3.06. The molecule has 21 heavy (non-hydrogen) atoms. The molecule has 1 atom stereocenters. The van der Waals surface area contributed by atoms with Gasteiger partial charge in [-0.05, 0) is 52.8 Å². The largest absolute Gasteiger partial charge is 0.492 e. The highest BCUT2D eigenvalue weighted by Gasteiger charge is 2.35. The molecule has 4 heteroatoms. The van der Waals surface area contributed by atoms with Crippen LogP contribution in [0.1, 0.15) is 58.1 Å². The van der Waals surface area contributed by atoms with E-state index in [0.717, 1.165) is 24.4 Å². The summed E-state index contributed by atoms with van der Waals surface area (Å²) in [5.41, 5.74) is 0.534. The molecule has 1 unspecified atom stereocenters. The molecule has 4 nitrogen and oxygen atoms in total. The van der Waals surface area contributed by atoms with Crippen LogP contribution < -0.4 is 4.74 Å². The van der Waals surface area contributed by atoms with Crippen LogP contribution in [0, 0.1) is 0 Å². The van der Waals surface area contributed by atoms with Gasteiger partial charge in [0, 0.05) is 17.3 Å². The van der Waals surface area contributed by atoms with E-state index in [1.807, 2.05) is 13.0 Å². The molecule has 1 aliphatic heterocycles. The summed E-state index contributed by atoms with van der Waals surface area (Å²) >= 11 is 0. The Balaban J connectivity index is 2.15. The molecule has 0 amide bonds. The molecular weight excluding hydrogens is 264 g/mol. The van der Waals surface area contributed by atoms with Crippen molar-refractivity contribution >= 4 is 0 Å². The molecule has 0 saturated carbocycles. The number of hydrogen-bond donors (Lipinski definition) is 1. The lowest BCUT2D eigenvalue weighted by Crippen LogP contribution is -2.48. The molecule has 118 valence electrons. The summed E-state index contributed by atoms with van der Waals surface area (Å²) in [6.45, 7) is 8.92. The van der Waals surface area contributed by atoms with Crippen molar-refractivity contribution in [3.05, 3.63) is 24.0 Å². The summed E-state index contributed by atoms with van der Waals surface area (Å²) in [6, 6.07) is 1.90. The highest BCUT2D eigenvalue weighted by molar-refractivity contribution is 5.27. The zero-order valence-electron chi connectivity index (χ0n) is 13.5. The fraction of sp³-hybridized carbons (Fsp3) is 0.706. The molecule has 1 fully saturated rings. The molecule has 1 saturated heterocycles. The van der Waals surface area contributed by atoms with E-state index < -0.39 is 6.10 Å². The van der Waals surface area contributed by atoms with E-state index in [2.05, 4.69) is 23.7 Å². The molecular formula is C17H28N2O2. The predicted octanol–water partition coefficient (Wildman–Crippen LogP) is 3.17. The SMILES string of the molecule is CCOc1cncc(C(O)C(C)(C)N2CCCCCC2)c1.